The van der Waals surface area contributed by atoms with Gasteiger partial charge in [-0.15, -0.1) is 0 Å². The third-order valence-corrected chi connectivity index (χ3v) is 7.33. The summed E-state index contributed by atoms with van der Waals surface area (Å²) in [5.74, 6) is -0.985. The number of ether oxygens (including phenoxy) is 1. The van der Waals surface area contributed by atoms with E-state index in [1.807, 2.05) is 6.07 Å². The van der Waals surface area contributed by atoms with Crippen molar-refractivity contribution in [1.82, 2.24) is 20.6 Å². The number of fused-ring (bicyclic) bond motifs is 1. The molecule has 3 heterocycles. The fourth-order valence-corrected chi connectivity index (χ4v) is 4.97. The molecule has 1 saturated heterocycles. The molecule has 12 heteroatoms. The van der Waals surface area contributed by atoms with Gasteiger partial charge in [0.25, 0.3) is 0 Å². The number of aromatic hydroxyl groups is 1. The molecule has 0 aliphatic carbocycles. The number of hydrogen-bond donors (Lipinski definition) is 4. The molecule has 0 amide bonds. The van der Waals surface area contributed by atoms with Gasteiger partial charge in [0, 0.05) is 59.5 Å². The lowest BCUT2D eigenvalue weighted by Gasteiger charge is -2.19. The number of nitrogens with zero attached hydrogens (tertiary/aromatic N) is 2. The van der Waals surface area contributed by atoms with Gasteiger partial charge < -0.3 is 20.3 Å². The summed E-state index contributed by atoms with van der Waals surface area (Å²) in [6.07, 6.45) is -1.82. The molecule has 44 heavy (non-hydrogen) atoms. The highest BCUT2D eigenvalue weighted by Crippen LogP contribution is 2.40. The molecule has 2 aromatic heterocycles. The molecular weight excluding hydrogens is 583 g/mol. The van der Waals surface area contributed by atoms with Crippen molar-refractivity contribution >= 4 is 10.9 Å². The molecule has 1 aliphatic heterocycles. The van der Waals surface area contributed by atoms with E-state index in [1.165, 1.54) is 13.2 Å². The molecule has 0 radical (unpaired) electrons. The minimum atomic E-state index is -4.38. The van der Waals surface area contributed by atoms with E-state index in [-0.39, 0.29) is 41.3 Å². The molecule has 2 atom stereocenters. The van der Waals surface area contributed by atoms with Crippen LogP contribution < -0.4 is 15.4 Å². The van der Waals surface area contributed by atoms with Crippen molar-refractivity contribution in [2.45, 2.75) is 51.7 Å². The molecule has 1 aliphatic rings. The van der Waals surface area contributed by atoms with Crippen molar-refractivity contribution in [3.05, 3.63) is 82.2 Å². The molecule has 2 aromatic carbocycles. The van der Waals surface area contributed by atoms with Gasteiger partial charge in [0.05, 0.1) is 19.4 Å². The van der Waals surface area contributed by atoms with Gasteiger partial charge in [-0.2, -0.15) is 13.2 Å². The Kier molecular flexibility index (Phi) is 10.4. The van der Waals surface area contributed by atoms with E-state index in [1.54, 1.807) is 26.0 Å². The van der Waals surface area contributed by atoms with Crippen LogP contribution in [0.5, 0.6) is 11.5 Å². The first kappa shape index (κ1) is 33.0. The van der Waals surface area contributed by atoms with Crippen LogP contribution in [0.1, 0.15) is 59.7 Å². The number of aliphatic hydroxyl groups is 1. The lowest BCUT2D eigenvalue weighted by molar-refractivity contribution is -0.137. The number of aryl methyl sites for hydroxylation is 2. The van der Waals surface area contributed by atoms with Crippen LogP contribution in [0.2, 0.25) is 0 Å². The Labute approximate surface area is 252 Å². The topological polar surface area (TPSA) is 109 Å². The van der Waals surface area contributed by atoms with Crippen LogP contribution in [-0.2, 0) is 6.18 Å². The summed E-state index contributed by atoms with van der Waals surface area (Å²) >= 11 is 0. The summed E-state index contributed by atoms with van der Waals surface area (Å²) in [6, 6.07) is 8.52. The molecule has 1 fully saturated rings. The second-order valence-electron chi connectivity index (χ2n) is 10.7. The Morgan fingerprint density at radius 3 is 2.43 bits per heavy atom. The Hall–Kier alpha value is -3.87. The number of nitrogens with one attached hydrogen (secondary N) is 2. The van der Waals surface area contributed by atoms with E-state index in [0.29, 0.717) is 28.8 Å². The van der Waals surface area contributed by atoms with Crippen molar-refractivity contribution in [3.8, 4) is 22.8 Å². The molecule has 7 nitrogen and oxygen atoms in total. The largest absolute Gasteiger partial charge is 0.505 e. The molecule has 4 N–H and O–H groups in total. The third-order valence-electron chi connectivity index (χ3n) is 7.33. The summed E-state index contributed by atoms with van der Waals surface area (Å²) in [7, 11) is 1.47. The Morgan fingerprint density at radius 2 is 1.82 bits per heavy atom. The van der Waals surface area contributed by atoms with Crippen LogP contribution in [-0.4, -0.2) is 47.1 Å². The molecule has 2 unspecified atom stereocenters. The highest BCUT2D eigenvalue weighted by molar-refractivity contribution is 5.85. The second kappa shape index (κ2) is 13.8. The summed E-state index contributed by atoms with van der Waals surface area (Å²) < 4.78 is 70.8. The number of rotatable bonds is 9. The number of alkyl halides is 3. The smallest absolute Gasteiger partial charge is 0.417 e. The van der Waals surface area contributed by atoms with Gasteiger partial charge in [-0.05, 0) is 61.7 Å². The summed E-state index contributed by atoms with van der Waals surface area (Å²) in [5, 5.41) is 26.3. The molecule has 236 valence electrons. The lowest BCUT2D eigenvalue weighted by atomic mass is 9.94. The van der Waals surface area contributed by atoms with Crippen LogP contribution in [0.15, 0.2) is 42.6 Å². The van der Waals surface area contributed by atoms with Gasteiger partial charge in [0.15, 0.2) is 0 Å². The number of aromatic nitrogens is 2. The van der Waals surface area contributed by atoms with Gasteiger partial charge >= 0.3 is 6.18 Å². The molecule has 5 rings (SSSR count). The zero-order valence-electron chi connectivity index (χ0n) is 24.8. The van der Waals surface area contributed by atoms with E-state index in [2.05, 4.69) is 27.5 Å². The van der Waals surface area contributed by atoms with E-state index < -0.39 is 23.4 Å². The highest BCUT2D eigenvalue weighted by Gasteiger charge is 2.32. The van der Waals surface area contributed by atoms with E-state index >= 15 is 0 Å². The Morgan fingerprint density at radius 1 is 1.09 bits per heavy atom. The Bertz CT molecular complexity index is 1630. The first-order chi connectivity index (χ1) is 20.9. The first-order valence-corrected chi connectivity index (χ1v) is 14.1. The van der Waals surface area contributed by atoms with Gasteiger partial charge in [-0.3, -0.25) is 10.3 Å². The van der Waals surface area contributed by atoms with Crippen LogP contribution in [0.3, 0.4) is 0 Å². The summed E-state index contributed by atoms with van der Waals surface area (Å²) in [5.41, 5.74) is 2.40. The molecule has 4 aromatic rings. The maximum absolute atomic E-state index is 14.5. The summed E-state index contributed by atoms with van der Waals surface area (Å²) in [6.45, 7) is 6.50. The minimum Gasteiger partial charge on any atom is -0.505 e. The van der Waals surface area contributed by atoms with Crippen LogP contribution in [0, 0.1) is 25.5 Å². The predicted octanol–water partition coefficient (Wildman–Crippen LogP) is 6.68. The molecular formula is C32H35F5N4O3. The third kappa shape index (κ3) is 7.61. The fraction of sp³-hybridized carbons (Fsp3) is 0.375. The number of pyridine rings is 2. The van der Waals surface area contributed by atoms with E-state index in [4.69, 9.17) is 9.84 Å². The minimum absolute atomic E-state index is 0.00295. The Balaban J connectivity index is 0.000000223. The van der Waals surface area contributed by atoms with E-state index in [0.717, 1.165) is 49.0 Å². The van der Waals surface area contributed by atoms with E-state index in [9.17, 15) is 27.1 Å². The van der Waals surface area contributed by atoms with Crippen LogP contribution in [0.4, 0.5) is 22.0 Å². The fourth-order valence-electron chi connectivity index (χ4n) is 4.97. The molecule has 0 spiro atoms. The van der Waals surface area contributed by atoms with Crippen molar-refractivity contribution in [2.75, 3.05) is 26.9 Å². The van der Waals surface area contributed by atoms with Gasteiger partial charge in [0.1, 0.15) is 34.3 Å². The number of hydrogen-bond acceptors (Lipinski definition) is 7. The van der Waals surface area contributed by atoms with Crippen molar-refractivity contribution in [3.63, 3.8) is 0 Å². The van der Waals surface area contributed by atoms with Crippen LogP contribution >= 0.6 is 0 Å². The standard InChI is InChI=1S/C20H25F2N3O2.C12H10F3NO/c1-3-4-12(8-23-10-26)17-6-14(18-9-24-18)20(27)19(25-17)13-5-11(2)15(21)7-16(13)22;1-7-3-8-5-9(12(13,14)15)6-16-11(8)10(4-7)17-2/h5-7,12,18,23-24,26-27H,3-4,8-10H2,1-2H3;3-6H,1-2H3. The monoisotopic (exact) mass is 618 g/mol. The zero-order valence-corrected chi connectivity index (χ0v) is 24.8. The van der Waals surface area contributed by atoms with Gasteiger partial charge in [-0.1, -0.05) is 13.3 Å². The van der Waals surface area contributed by atoms with Crippen molar-refractivity contribution in [1.29, 1.82) is 0 Å². The van der Waals surface area contributed by atoms with Gasteiger partial charge in [0.2, 0.25) is 0 Å². The average molecular weight is 619 g/mol. The normalized spacial score (nSPS) is 15.1. The number of benzene rings is 2. The first-order valence-electron chi connectivity index (χ1n) is 14.1. The SMILES string of the molecule is CCCC(CNCO)c1cc(C2CN2)c(O)c(-c2cc(C)c(F)cc2F)n1.COc1cc(C)cc2cc(C(F)(F)F)cnc12. The van der Waals surface area contributed by atoms with Crippen LogP contribution in [0.25, 0.3) is 22.2 Å². The average Bonchev–Trinajstić information content (AvgIpc) is 3.82. The van der Waals surface area contributed by atoms with Crippen molar-refractivity contribution < 1.29 is 36.9 Å². The maximum Gasteiger partial charge on any atom is 0.417 e. The predicted molar refractivity (Wildman–Crippen MR) is 158 cm³/mol. The highest BCUT2D eigenvalue weighted by atomic mass is 19.4. The van der Waals surface area contributed by atoms with Crippen molar-refractivity contribution in [2.24, 2.45) is 0 Å². The number of methoxy groups -OCH3 is 1. The number of halogens is 5. The van der Waals surface area contributed by atoms with Gasteiger partial charge in [-0.25, -0.2) is 13.8 Å². The number of aliphatic hydroxyl groups excluding tert-OH is 1. The maximum atomic E-state index is 14.5. The molecule has 0 saturated carbocycles. The second-order valence-corrected chi connectivity index (χ2v) is 10.7. The quantitative estimate of drug-likeness (QED) is 0.0942. The molecule has 0 bridgehead atoms. The lowest BCUT2D eigenvalue weighted by Crippen LogP contribution is -2.23. The summed E-state index contributed by atoms with van der Waals surface area (Å²) in [4.78, 5) is 8.37. The zero-order chi connectivity index (χ0) is 32.2.